The first kappa shape index (κ1) is 16.2. The van der Waals surface area contributed by atoms with Crippen molar-refractivity contribution < 1.29 is 9.59 Å². The molecule has 0 bridgehead atoms. The molecule has 2 atom stereocenters. The number of nitrogens with one attached hydrogen (secondary N) is 2. The lowest BCUT2D eigenvalue weighted by Gasteiger charge is -2.06. The van der Waals surface area contributed by atoms with Crippen LogP contribution < -0.4 is 10.6 Å². The van der Waals surface area contributed by atoms with Gasteiger partial charge in [0.1, 0.15) is 0 Å². The van der Waals surface area contributed by atoms with Crippen LogP contribution in [0, 0.1) is 18.8 Å². The maximum absolute atomic E-state index is 12.1. The zero-order chi connectivity index (χ0) is 16.9. The van der Waals surface area contributed by atoms with Crippen LogP contribution in [-0.4, -0.2) is 16.8 Å². The van der Waals surface area contributed by atoms with Crippen LogP contribution in [0.2, 0.25) is 0 Å². The Balaban J connectivity index is 1.41. The summed E-state index contributed by atoms with van der Waals surface area (Å²) in [6.07, 6.45) is 4.02. The number of hydrogen-bond donors (Lipinski definition) is 2. The molecule has 5 heteroatoms. The van der Waals surface area contributed by atoms with E-state index in [9.17, 15) is 9.59 Å². The van der Waals surface area contributed by atoms with Gasteiger partial charge in [-0.1, -0.05) is 29.8 Å². The summed E-state index contributed by atoms with van der Waals surface area (Å²) < 4.78 is 0. The molecule has 1 aliphatic carbocycles. The van der Waals surface area contributed by atoms with Crippen molar-refractivity contribution >= 4 is 11.8 Å². The Hall–Kier alpha value is -2.69. The van der Waals surface area contributed by atoms with Crippen molar-refractivity contribution in [3.63, 3.8) is 0 Å². The second kappa shape index (κ2) is 7.25. The van der Waals surface area contributed by atoms with Gasteiger partial charge in [0.2, 0.25) is 11.8 Å². The number of aromatic nitrogens is 1. The summed E-state index contributed by atoms with van der Waals surface area (Å²) in [6, 6.07) is 11.8. The molecule has 1 aromatic carbocycles. The van der Waals surface area contributed by atoms with Gasteiger partial charge in [0.05, 0.1) is 11.8 Å². The molecule has 0 radical (unpaired) electrons. The lowest BCUT2D eigenvalue weighted by atomic mass is 10.1. The van der Waals surface area contributed by atoms with E-state index in [2.05, 4.69) is 15.6 Å². The van der Waals surface area contributed by atoms with Gasteiger partial charge in [-0.3, -0.25) is 14.6 Å². The molecule has 1 heterocycles. The van der Waals surface area contributed by atoms with Crippen molar-refractivity contribution in [3.8, 4) is 0 Å². The van der Waals surface area contributed by atoms with Crippen LogP contribution in [0.3, 0.4) is 0 Å². The second-order valence-electron chi connectivity index (χ2n) is 6.23. The van der Waals surface area contributed by atoms with Crippen LogP contribution in [0.1, 0.15) is 23.1 Å². The average Bonchev–Trinajstić information content (AvgIpc) is 3.41. The van der Waals surface area contributed by atoms with Crippen molar-refractivity contribution in [2.24, 2.45) is 11.8 Å². The Bertz CT molecular complexity index is 713. The number of hydrogen-bond acceptors (Lipinski definition) is 3. The van der Waals surface area contributed by atoms with E-state index < -0.39 is 0 Å². The third-order valence-corrected chi connectivity index (χ3v) is 4.27. The summed E-state index contributed by atoms with van der Waals surface area (Å²) in [5.74, 6) is -0.500. The Morgan fingerprint density at radius 2 is 1.42 bits per heavy atom. The minimum Gasteiger partial charge on any atom is -0.352 e. The van der Waals surface area contributed by atoms with Crippen molar-refractivity contribution in [2.75, 3.05) is 0 Å². The smallest absolute Gasteiger partial charge is 0.224 e. The second-order valence-corrected chi connectivity index (χ2v) is 6.23. The highest BCUT2D eigenvalue weighted by Crippen LogP contribution is 2.38. The van der Waals surface area contributed by atoms with Gasteiger partial charge in [-0.2, -0.15) is 0 Å². The van der Waals surface area contributed by atoms with E-state index >= 15 is 0 Å². The van der Waals surface area contributed by atoms with E-state index in [1.165, 1.54) is 5.56 Å². The van der Waals surface area contributed by atoms with E-state index in [1.807, 2.05) is 43.3 Å². The number of carbonyl (C=O) groups excluding carboxylic acids is 2. The molecule has 0 spiro atoms. The fraction of sp³-hybridized carbons (Fsp3) is 0.316. The van der Waals surface area contributed by atoms with Crippen molar-refractivity contribution in [3.05, 3.63) is 65.5 Å². The van der Waals surface area contributed by atoms with Gasteiger partial charge in [0, 0.05) is 25.5 Å². The van der Waals surface area contributed by atoms with Gasteiger partial charge >= 0.3 is 0 Å². The predicted octanol–water partition coefficient (Wildman–Crippen LogP) is 1.96. The van der Waals surface area contributed by atoms with Crippen molar-refractivity contribution in [2.45, 2.75) is 26.4 Å². The third kappa shape index (κ3) is 4.19. The normalized spacial score (nSPS) is 18.7. The van der Waals surface area contributed by atoms with Gasteiger partial charge in [-0.05, 0) is 36.6 Å². The molecule has 5 nitrogen and oxygen atoms in total. The largest absolute Gasteiger partial charge is 0.352 e. The van der Waals surface area contributed by atoms with Crippen LogP contribution >= 0.6 is 0 Å². The van der Waals surface area contributed by atoms with Gasteiger partial charge in [0.15, 0.2) is 0 Å². The number of rotatable bonds is 6. The topological polar surface area (TPSA) is 71.1 Å². The van der Waals surface area contributed by atoms with Crippen molar-refractivity contribution in [1.82, 2.24) is 15.6 Å². The Morgan fingerprint density at radius 1 is 0.917 bits per heavy atom. The van der Waals surface area contributed by atoms with Crippen LogP contribution in [0.4, 0.5) is 0 Å². The lowest BCUT2D eigenvalue weighted by molar-refractivity contribution is -0.127. The molecule has 2 amide bonds. The molecule has 2 unspecified atom stereocenters. The number of carbonyl (C=O) groups is 2. The molecule has 1 fully saturated rings. The number of pyridine rings is 1. The number of amides is 2. The van der Waals surface area contributed by atoms with Crippen LogP contribution in [0.25, 0.3) is 0 Å². The van der Waals surface area contributed by atoms with E-state index in [0.717, 1.165) is 11.1 Å². The molecular formula is C19H21N3O2. The molecule has 2 aromatic rings. The summed E-state index contributed by atoms with van der Waals surface area (Å²) in [4.78, 5) is 28.2. The highest BCUT2D eigenvalue weighted by Gasteiger charge is 2.47. The summed E-state index contributed by atoms with van der Waals surface area (Å²) in [6.45, 7) is 3.00. The lowest BCUT2D eigenvalue weighted by Crippen LogP contribution is -2.29. The van der Waals surface area contributed by atoms with Crippen LogP contribution in [0.5, 0.6) is 0 Å². The number of nitrogens with zero attached hydrogens (tertiary/aromatic N) is 1. The highest BCUT2D eigenvalue weighted by atomic mass is 16.2. The average molecular weight is 323 g/mol. The monoisotopic (exact) mass is 323 g/mol. The third-order valence-electron chi connectivity index (χ3n) is 4.27. The summed E-state index contributed by atoms with van der Waals surface area (Å²) in [5, 5.41) is 5.79. The standard InChI is InChI=1S/C19H21N3O2/c1-13-2-4-14(5-3-13)11-21-18(23)16-10-17(16)19(24)22-12-15-6-8-20-9-7-15/h2-9,16-17H,10-12H2,1H3,(H,21,23)(H,22,24). The minimum atomic E-state index is -0.204. The molecule has 124 valence electrons. The maximum atomic E-state index is 12.1. The molecule has 1 saturated carbocycles. The van der Waals surface area contributed by atoms with Crippen molar-refractivity contribution in [1.29, 1.82) is 0 Å². The van der Waals surface area contributed by atoms with E-state index in [0.29, 0.717) is 19.5 Å². The quantitative estimate of drug-likeness (QED) is 0.854. The molecule has 3 rings (SSSR count). The number of aryl methyl sites for hydroxylation is 1. The minimum absolute atomic E-state index is 0.0420. The molecule has 1 aromatic heterocycles. The fourth-order valence-electron chi connectivity index (χ4n) is 2.62. The molecule has 2 N–H and O–H groups in total. The van der Waals surface area contributed by atoms with E-state index in [-0.39, 0.29) is 23.7 Å². The fourth-order valence-corrected chi connectivity index (χ4v) is 2.62. The summed E-state index contributed by atoms with van der Waals surface area (Å²) in [5.41, 5.74) is 3.26. The summed E-state index contributed by atoms with van der Waals surface area (Å²) in [7, 11) is 0. The Kier molecular flexibility index (Phi) is 4.89. The van der Waals surface area contributed by atoms with Gasteiger partial charge in [0.25, 0.3) is 0 Å². The molecule has 0 saturated heterocycles. The zero-order valence-corrected chi connectivity index (χ0v) is 13.7. The van der Waals surface area contributed by atoms with Gasteiger partial charge in [-0.15, -0.1) is 0 Å². The first-order valence-corrected chi connectivity index (χ1v) is 8.13. The first-order valence-electron chi connectivity index (χ1n) is 8.13. The summed E-state index contributed by atoms with van der Waals surface area (Å²) >= 11 is 0. The van der Waals surface area contributed by atoms with E-state index in [4.69, 9.17) is 0 Å². The SMILES string of the molecule is Cc1ccc(CNC(=O)C2CC2C(=O)NCc2ccncc2)cc1. The van der Waals surface area contributed by atoms with Crippen LogP contribution in [-0.2, 0) is 22.7 Å². The Labute approximate surface area is 141 Å². The Morgan fingerprint density at radius 3 is 1.96 bits per heavy atom. The molecule has 0 aliphatic heterocycles. The van der Waals surface area contributed by atoms with Gasteiger partial charge in [-0.25, -0.2) is 0 Å². The molecular weight excluding hydrogens is 302 g/mol. The highest BCUT2D eigenvalue weighted by molar-refractivity contribution is 5.92. The predicted molar refractivity (Wildman–Crippen MR) is 90.7 cm³/mol. The van der Waals surface area contributed by atoms with E-state index in [1.54, 1.807) is 12.4 Å². The first-order chi connectivity index (χ1) is 11.6. The maximum Gasteiger partial charge on any atom is 0.224 e. The zero-order valence-electron chi connectivity index (χ0n) is 13.7. The number of benzene rings is 1. The molecule has 24 heavy (non-hydrogen) atoms. The van der Waals surface area contributed by atoms with Gasteiger partial charge < -0.3 is 10.6 Å². The van der Waals surface area contributed by atoms with Crippen LogP contribution in [0.15, 0.2) is 48.8 Å². The molecule has 1 aliphatic rings.